The van der Waals surface area contributed by atoms with Gasteiger partial charge in [0.05, 0.1) is 17.8 Å². The van der Waals surface area contributed by atoms with E-state index in [-0.39, 0.29) is 5.91 Å². The molecule has 0 saturated carbocycles. The first-order valence-corrected chi connectivity index (χ1v) is 9.04. The van der Waals surface area contributed by atoms with Crippen LogP contribution < -0.4 is 5.32 Å². The van der Waals surface area contributed by atoms with Crippen molar-refractivity contribution in [3.63, 3.8) is 0 Å². The average Bonchev–Trinajstić information content (AvgIpc) is 2.83. The van der Waals surface area contributed by atoms with E-state index in [0.29, 0.717) is 34.5 Å². The third kappa shape index (κ3) is 4.74. The van der Waals surface area contributed by atoms with Gasteiger partial charge in [-0.2, -0.15) is 5.10 Å². The highest BCUT2D eigenvalue weighted by Gasteiger charge is 2.20. The Morgan fingerprint density at radius 2 is 1.96 bits per heavy atom. The van der Waals surface area contributed by atoms with Crippen LogP contribution in [0.5, 0.6) is 0 Å². The lowest BCUT2D eigenvalue weighted by Crippen LogP contribution is -2.25. The zero-order chi connectivity index (χ0) is 17.5. The summed E-state index contributed by atoms with van der Waals surface area (Å²) in [6.07, 6.45) is 4.46. The predicted molar refractivity (Wildman–Crippen MR) is 99.0 cm³/mol. The van der Waals surface area contributed by atoms with Gasteiger partial charge in [-0.3, -0.25) is 4.79 Å². The minimum atomic E-state index is -0.167. The monoisotopic (exact) mass is 367 g/mol. The van der Waals surface area contributed by atoms with E-state index in [9.17, 15) is 4.79 Å². The molecule has 0 unspecified atom stereocenters. The normalized spacial score (nSPS) is 10.8. The van der Waals surface area contributed by atoms with Crippen molar-refractivity contribution in [2.45, 2.75) is 46.1 Å². The lowest BCUT2D eigenvalue weighted by Gasteiger charge is -2.07. The molecule has 0 radical (unpaired) electrons. The van der Waals surface area contributed by atoms with Gasteiger partial charge in [0.25, 0.3) is 5.91 Å². The third-order valence-corrected chi connectivity index (χ3v) is 4.64. The number of aromatic nitrogens is 2. The fourth-order valence-corrected chi connectivity index (χ4v) is 3.06. The molecule has 0 atom stereocenters. The molecule has 1 N–H and O–H groups in total. The number of rotatable bonds is 8. The summed E-state index contributed by atoms with van der Waals surface area (Å²) in [6, 6.07) is 7.53. The van der Waals surface area contributed by atoms with Crippen LogP contribution in [0, 0.1) is 6.92 Å². The minimum Gasteiger partial charge on any atom is -0.352 e. The van der Waals surface area contributed by atoms with Crippen molar-refractivity contribution in [3.05, 3.63) is 51.3 Å². The second-order valence-electron chi connectivity index (χ2n) is 5.82. The Hall–Kier alpha value is -1.52. The third-order valence-electron chi connectivity index (χ3n) is 3.89. The Kier molecular flexibility index (Phi) is 7.13. The molecule has 0 fully saturated rings. The quantitative estimate of drug-likeness (QED) is 0.677. The zero-order valence-electron chi connectivity index (χ0n) is 14.1. The standard InChI is InChI=1S/C18H23Cl2N3O/c1-3-4-5-8-11-21-18(24)16-13(2)22-23(17(16)20)12-14-9-6-7-10-15(14)19/h6-7,9-10H,3-5,8,11-12H2,1-2H3,(H,21,24). The molecule has 0 aliphatic rings. The van der Waals surface area contributed by atoms with Gasteiger partial charge in [-0.05, 0) is 25.0 Å². The number of benzene rings is 1. The van der Waals surface area contributed by atoms with Crippen molar-refractivity contribution in [1.29, 1.82) is 0 Å². The molecule has 0 aliphatic carbocycles. The fourth-order valence-electron chi connectivity index (χ4n) is 2.55. The van der Waals surface area contributed by atoms with Crippen molar-refractivity contribution in [1.82, 2.24) is 15.1 Å². The number of hydrogen-bond donors (Lipinski definition) is 1. The van der Waals surface area contributed by atoms with Crippen molar-refractivity contribution in [2.24, 2.45) is 0 Å². The molecule has 1 amide bonds. The highest BCUT2D eigenvalue weighted by atomic mass is 35.5. The number of aryl methyl sites for hydroxylation is 1. The molecular formula is C18H23Cl2N3O. The van der Waals surface area contributed by atoms with E-state index >= 15 is 0 Å². The molecule has 0 saturated heterocycles. The van der Waals surface area contributed by atoms with Crippen LogP contribution in [-0.4, -0.2) is 22.2 Å². The first kappa shape index (κ1) is 18.8. The van der Waals surface area contributed by atoms with E-state index < -0.39 is 0 Å². The fraction of sp³-hybridized carbons (Fsp3) is 0.444. The van der Waals surface area contributed by atoms with Crippen molar-refractivity contribution in [3.8, 4) is 0 Å². The van der Waals surface area contributed by atoms with Crippen LogP contribution in [0.3, 0.4) is 0 Å². The number of halogens is 2. The van der Waals surface area contributed by atoms with Crippen LogP contribution in [0.1, 0.15) is 54.2 Å². The maximum absolute atomic E-state index is 12.4. The minimum absolute atomic E-state index is 0.167. The van der Waals surface area contributed by atoms with Crippen molar-refractivity contribution in [2.75, 3.05) is 6.54 Å². The molecule has 2 aromatic rings. The average molecular weight is 368 g/mol. The van der Waals surface area contributed by atoms with E-state index in [2.05, 4.69) is 17.3 Å². The summed E-state index contributed by atoms with van der Waals surface area (Å²) in [5.41, 5.74) is 1.98. The first-order chi connectivity index (χ1) is 11.5. The van der Waals surface area contributed by atoms with E-state index in [4.69, 9.17) is 23.2 Å². The molecule has 0 bridgehead atoms. The highest BCUT2D eigenvalue weighted by Crippen LogP contribution is 2.23. The Morgan fingerprint density at radius 3 is 2.67 bits per heavy atom. The lowest BCUT2D eigenvalue weighted by atomic mass is 10.2. The van der Waals surface area contributed by atoms with Gasteiger partial charge in [0, 0.05) is 11.6 Å². The van der Waals surface area contributed by atoms with Crippen molar-refractivity contribution < 1.29 is 4.79 Å². The number of carbonyl (C=O) groups excluding carboxylic acids is 1. The molecule has 6 heteroatoms. The molecule has 1 heterocycles. The molecule has 130 valence electrons. The van der Waals surface area contributed by atoms with Gasteiger partial charge in [0.15, 0.2) is 0 Å². The SMILES string of the molecule is CCCCCCNC(=O)c1c(C)nn(Cc2ccccc2Cl)c1Cl. The van der Waals surface area contributed by atoms with Gasteiger partial charge in [0.2, 0.25) is 0 Å². The lowest BCUT2D eigenvalue weighted by molar-refractivity contribution is 0.0952. The smallest absolute Gasteiger partial charge is 0.256 e. The number of nitrogens with one attached hydrogen (secondary N) is 1. The predicted octanol–water partition coefficient (Wildman–Crippen LogP) is 4.86. The van der Waals surface area contributed by atoms with Crippen LogP contribution in [0.25, 0.3) is 0 Å². The summed E-state index contributed by atoms with van der Waals surface area (Å²) in [4.78, 5) is 12.4. The highest BCUT2D eigenvalue weighted by molar-refractivity contribution is 6.33. The van der Waals surface area contributed by atoms with E-state index in [1.54, 1.807) is 11.6 Å². The number of unbranched alkanes of at least 4 members (excludes halogenated alkanes) is 3. The zero-order valence-corrected chi connectivity index (χ0v) is 15.6. The molecular weight excluding hydrogens is 345 g/mol. The maximum atomic E-state index is 12.4. The van der Waals surface area contributed by atoms with Gasteiger partial charge in [-0.15, -0.1) is 0 Å². The van der Waals surface area contributed by atoms with Gasteiger partial charge in [0.1, 0.15) is 5.15 Å². The molecule has 1 aromatic carbocycles. The molecule has 2 rings (SSSR count). The van der Waals surface area contributed by atoms with E-state index in [1.807, 2.05) is 24.3 Å². The van der Waals surface area contributed by atoms with Gasteiger partial charge in [-0.25, -0.2) is 4.68 Å². The van der Waals surface area contributed by atoms with E-state index in [1.165, 1.54) is 12.8 Å². The van der Waals surface area contributed by atoms with Gasteiger partial charge >= 0.3 is 0 Å². The summed E-state index contributed by atoms with van der Waals surface area (Å²) < 4.78 is 1.62. The number of carbonyl (C=O) groups is 1. The Morgan fingerprint density at radius 1 is 1.21 bits per heavy atom. The van der Waals surface area contributed by atoms with Crippen LogP contribution in [0.4, 0.5) is 0 Å². The largest absolute Gasteiger partial charge is 0.352 e. The second kappa shape index (κ2) is 9.09. The van der Waals surface area contributed by atoms with Crippen LogP contribution >= 0.6 is 23.2 Å². The summed E-state index contributed by atoms with van der Waals surface area (Å²) in [5, 5.41) is 8.32. The summed E-state index contributed by atoms with van der Waals surface area (Å²) in [5.74, 6) is -0.167. The van der Waals surface area contributed by atoms with Crippen LogP contribution in [0.2, 0.25) is 10.2 Å². The Balaban J connectivity index is 2.05. The molecule has 4 nitrogen and oxygen atoms in total. The number of hydrogen-bond acceptors (Lipinski definition) is 2. The van der Waals surface area contributed by atoms with Gasteiger partial charge < -0.3 is 5.32 Å². The second-order valence-corrected chi connectivity index (χ2v) is 6.58. The van der Waals surface area contributed by atoms with E-state index in [0.717, 1.165) is 18.4 Å². The molecule has 0 spiro atoms. The summed E-state index contributed by atoms with van der Waals surface area (Å²) in [6.45, 7) is 5.05. The molecule has 24 heavy (non-hydrogen) atoms. The summed E-state index contributed by atoms with van der Waals surface area (Å²) >= 11 is 12.6. The van der Waals surface area contributed by atoms with Crippen LogP contribution in [0.15, 0.2) is 24.3 Å². The van der Waals surface area contributed by atoms with Crippen LogP contribution in [-0.2, 0) is 6.54 Å². The topological polar surface area (TPSA) is 46.9 Å². The van der Waals surface area contributed by atoms with Gasteiger partial charge in [-0.1, -0.05) is 67.6 Å². The maximum Gasteiger partial charge on any atom is 0.256 e. The Bertz CT molecular complexity index is 698. The summed E-state index contributed by atoms with van der Waals surface area (Å²) in [7, 11) is 0. The van der Waals surface area contributed by atoms with Crippen molar-refractivity contribution >= 4 is 29.1 Å². The number of amides is 1. The number of nitrogens with zero attached hydrogens (tertiary/aromatic N) is 2. The molecule has 0 aliphatic heterocycles. The first-order valence-electron chi connectivity index (χ1n) is 8.29. The molecule has 1 aromatic heterocycles. The Labute approximate surface area is 153 Å².